The summed E-state index contributed by atoms with van der Waals surface area (Å²) in [5.74, 6) is -0.380. The number of nitrogens with one attached hydrogen (secondary N) is 1. The van der Waals surface area contributed by atoms with Gasteiger partial charge in [0.05, 0.1) is 11.2 Å². The molecule has 2 N–H and O–H groups in total. The van der Waals surface area contributed by atoms with E-state index in [0.29, 0.717) is 17.9 Å². The van der Waals surface area contributed by atoms with Crippen molar-refractivity contribution >= 4 is 30.1 Å². The molecule has 2 atom stereocenters. The zero-order valence-electron chi connectivity index (χ0n) is 14.4. The zero-order chi connectivity index (χ0) is 17.7. The highest BCUT2D eigenvalue weighted by atomic mass is 35.5. The van der Waals surface area contributed by atoms with Crippen molar-refractivity contribution in [2.45, 2.75) is 63.9 Å². The van der Waals surface area contributed by atoms with Gasteiger partial charge in [-0.1, -0.05) is 29.8 Å². The second-order valence-electron chi connectivity index (χ2n) is 7.50. The van der Waals surface area contributed by atoms with Crippen LogP contribution in [0.15, 0.2) is 18.2 Å². The van der Waals surface area contributed by atoms with Gasteiger partial charge in [0.2, 0.25) is 5.91 Å². The SMILES string of the molecule is CC1(C)OB(c2cccc(C3CCC(=O)NC3O)c2Cl)OC1(C)C. The Morgan fingerprint density at radius 2 is 1.88 bits per heavy atom. The number of halogens is 1. The molecule has 2 aliphatic heterocycles. The maximum Gasteiger partial charge on any atom is 0.496 e. The lowest BCUT2D eigenvalue weighted by molar-refractivity contribution is -0.127. The first-order valence-electron chi connectivity index (χ1n) is 8.24. The number of rotatable bonds is 2. The van der Waals surface area contributed by atoms with Crippen molar-refractivity contribution < 1.29 is 19.2 Å². The Labute approximate surface area is 147 Å². The second-order valence-corrected chi connectivity index (χ2v) is 7.87. The fourth-order valence-electron chi connectivity index (χ4n) is 3.11. The van der Waals surface area contributed by atoms with Gasteiger partial charge in [-0.15, -0.1) is 0 Å². The fourth-order valence-corrected chi connectivity index (χ4v) is 3.47. The standard InChI is InChI=1S/C17H23BClNO4/c1-16(2)17(3,4)24-18(23-16)12-7-5-6-10(14(12)19)11-8-9-13(21)20-15(11)22/h5-7,11,15,22H,8-9H2,1-4H3,(H,20,21). The molecule has 1 amide bonds. The number of benzene rings is 1. The Morgan fingerprint density at radius 1 is 1.25 bits per heavy atom. The minimum Gasteiger partial charge on any atom is -0.399 e. The van der Waals surface area contributed by atoms with Crippen LogP contribution in [-0.4, -0.2) is 35.6 Å². The minimum atomic E-state index is -0.933. The molecular formula is C17H23BClNO4. The molecule has 0 aliphatic carbocycles. The lowest BCUT2D eigenvalue weighted by Gasteiger charge is -2.32. The molecule has 0 saturated carbocycles. The summed E-state index contributed by atoms with van der Waals surface area (Å²) < 4.78 is 12.2. The molecule has 0 bridgehead atoms. The average Bonchev–Trinajstić information content (AvgIpc) is 2.68. The van der Waals surface area contributed by atoms with Crippen LogP contribution < -0.4 is 10.8 Å². The monoisotopic (exact) mass is 351 g/mol. The van der Waals surface area contributed by atoms with Crippen LogP contribution in [0.5, 0.6) is 0 Å². The maximum atomic E-state index is 11.4. The summed E-state index contributed by atoms with van der Waals surface area (Å²) in [6.45, 7) is 7.96. The predicted octanol–water partition coefficient (Wildman–Crippen LogP) is 1.95. The van der Waals surface area contributed by atoms with E-state index in [4.69, 9.17) is 20.9 Å². The summed E-state index contributed by atoms with van der Waals surface area (Å²) in [7, 11) is -0.558. The number of hydrogen-bond acceptors (Lipinski definition) is 4. The van der Waals surface area contributed by atoms with E-state index in [9.17, 15) is 9.90 Å². The van der Waals surface area contributed by atoms with Gasteiger partial charge in [-0.05, 0) is 39.7 Å². The molecule has 2 saturated heterocycles. The molecule has 2 aliphatic rings. The topological polar surface area (TPSA) is 67.8 Å². The van der Waals surface area contributed by atoms with Gasteiger partial charge >= 0.3 is 7.12 Å². The Hall–Kier alpha value is -1.08. The number of piperidine rings is 1. The third-order valence-electron chi connectivity index (χ3n) is 5.34. The van der Waals surface area contributed by atoms with E-state index in [-0.39, 0.29) is 11.8 Å². The quantitative estimate of drug-likeness (QED) is 0.799. The van der Waals surface area contributed by atoms with Gasteiger partial charge in [-0.3, -0.25) is 4.79 Å². The first kappa shape index (κ1) is 17.7. The van der Waals surface area contributed by atoms with E-state index in [0.717, 1.165) is 11.0 Å². The molecule has 1 aromatic rings. The lowest BCUT2D eigenvalue weighted by atomic mass is 9.76. The first-order valence-corrected chi connectivity index (χ1v) is 8.61. The van der Waals surface area contributed by atoms with Crippen LogP contribution in [0.4, 0.5) is 0 Å². The normalized spacial score (nSPS) is 28.8. The van der Waals surface area contributed by atoms with Crippen LogP contribution >= 0.6 is 11.6 Å². The Bertz CT molecular complexity index is 648. The second kappa shape index (κ2) is 6.02. The number of hydrogen-bond donors (Lipinski definition) is 2. The van der Waals surface area contributed by atoms with Crippen LogP contribution in [0.3, 0.4) is 0 Å². The van der Waals surface area contributed by atoms with Crippen molar-refractivity contribution in [3.8, 4) is 0 Å². The molecule has 0 aromatic heterocycles. The van der Waals surface area contributed by atoms with E-state index < -0.39 is 24.5 Å². The molecule has 0 spiro atoms. The molecule has 24 heavy (non-hydrogen) atoms. The molecule has 7 heteroatoms. The Kier molecular flexibility index (Phi) is 4.45. The van der Waals surface area contributed by atoms with Crippen molar-refractivity contribution in [2.75, 3.05) is 0 Å². The van der Waals surface area contributed by atoms with E-state index >= 15 is 0 Å². The smallest absolute Gasteiger partial charge is 0.399 e. The van der Waals surface area contributed by atoms with Crippen LogP contribution in [0, 0.1) is 0 Å². The van der Waals surface area contributed by atoms with Gasteiger partial charge in [0.15, 0.2) is 0 Å². The number of carbonyl (C=O) groups is 1. The highest BCUT2D eigenvalue weighted by Crippen LogP contribution is 2.38. The summed E-state index contributed by atoms with van der Waals surface area (Å²) in [5.41, 5.74) is 0.651. The Morgan fingerprint density at radius 3 is 2.46 bits per heavy atom. The fraction of sp³-hybridized carbons (Fsp3) is 0.588. The van der Waals surface area contributed by atoms with Gasteiger partial charge in [-0.25, -0.2) is 0 Å². The van der Waals surface area contributed by atoms with Crippen molar-refractivity contribution in [2.24, 2.45) is 0 Å². The number of aliphatic hydroxyl groups excluding tert-OH is 1. The molecule has 130 valence electrons. The molecule has 0 radical (unpaired) electrons. The van der Waals surface area contributed by atoms with E-state index in [1.54, 1.807) is 0 Å². The summed E-state index contributed by atoms with van der Waals surface area (Å²) in [6, 6.07) is 5.63. The average molecular weight is 352 g/mol. The van der Waals surface area contributed by atoms with Crippen LogP contribution in [-0.2, 0) is 14.1 Å². The maximum absolute atomic E-state index is 11.4. The molecule has 2 fully saturated rings. The van der Waals surface area contributed by atoms with Crippen LogP contribution in [0.1, 0.15) is 52.0 Å². The van der Waals surface area contributed by atoms with Crippen molar-refractivity contribution in [3.63, 3.8) is 0 Å². The first-order chi connectivity index (χ1) is 11.1. The third kappa shape index (κ3) is 2.97. The highest BCUT2D eigenvalue weighted by molar-refractivity contribution is 6.65. The number of aliphatic hydroxyl groups is 1. The van der Waals surface area contributed by atoms with E-state index in [1.165, 1.54) is 0 Å². The van der Waals surface area contributed by atoms with E-state index in [2.05, 4.69) is 5.32 Å². The van der Waals surface area contributed by atoms with Crippen LogP contribution in [0.2, 0.25) is 5.02 Å². The van der Waals surface area contributed by atoms with Crippen LogP contribution in [0.25, 0.3) is 0 Å². The largest absolute Gasteiger partial charge is 0.496 e. The molecule has 3 rings (SSSR count). The Balaban J connectivity index is 1.91. The van der Waals surface area contributed by atoms with Crippen molar-refractivity contribution in [3.05, 3.63) is 28.8 Å². The molecule has 1 aromatic carbocycles. The van der Waals surface area contributed by atoms with Crippen molar-refractivity contribution in [1.29, 1.82) is 0 Å². The minimum absolute atomic E-state index is 0.142. The highest BCUT2D eigenvalue weighted by Gasteiger charge is 2.52. The van der Waals surface area contributed by atoms with Gasteiger partial charge < -0.3 is 19.7 Å². The lowest BCUT2D eigenvalue weighted by Crippen LogP contribution is -2.44. The summed E-state index contributed by atoms with van der Waals surface area (Å²) in [6.07, 6.45) is -0.00418. The molecule has 5 nitrogen and oxygen atoms in total. The van der Waals surface area contributed by atoms with E-state index in [1.807, 2.05) is 45.9 Å². The number of amides is 1. The van der Waals surface area contributed by atoms with Crippen molar-refractivity contribution in [1.82, 2.24) is 5.32 Å². The van der Waals surface area contributed by atoms with Gasteiger partial charge in [0.1, 0.15) is 6.23 Å². The third-order valence-corrected chi connectivity index (χ3v) is 5.77. The molecule has 2 heterocycles. The molecular weight excluding hydrogens is 328 g/mol. The summed E-state index contributed by atoms with van der Waals surface area (Å²) in [5, 5.41) is 13.3. The zero-order valence-corrected chi connectivity index (χ0v) is 15.2. The summed E-state index contributed by atoms with van der Waals surface area (Å²) in [4.78, 5) is 11.4. The van der Waals surface area contributed by atoms with Gasteiger partial charge in [0, 0.05) is 22.8 Å². The van der Waals surface area contributed by atoms with Gasteiger partial charge in [-0.2, -0.15) is 0 Å². The molecule has 2 unspecified atom stereocenters. The van der Waals surface area contributed by atoms with Gasteiger partial charge in [0.25, 0.3) is 0 Å². The summed E-state index contributed by atoms with van der Waals surface area (Å²) >= 11 is 6.63. The number of carbonyl (C=O) groups excluding carboxylic acids is 1. The predicted molar refractivity (Wildman–Crippen MR) is 93.3 cm³/mol.